The third-order valence-electron chi connectivity index (χ3n) is 2.92. The van der Waals surface area contributed by atoms with Crippen molar-refractivity contribution in [1.29, 1.82) is 0 Å². The van der Waals surface area contributed by atoms with Crippen LogP contribution in [0.15, 0.2) is 22.4 Å². The van der Waals surface area contributed by atoms with Crippen molar-refractivity contribution in [2.45, 2.75) is 12.6 Å². The molecule has 2 heterocycles. The van der Waals surface area contributed by atoms with E-state index in [-0.39, 0.29) is 13.1 Å². The van der Waals surface area contributed by atoms with Crippen LogP contribution in [0.5, 0.6) is 0 Å². The largest absolute Gasteiger partial charge is 0.450 e. The van der Waals surface area contributed by atoms with Gasteiger partial charge in [-0.2, -0.15) is 13.2 Å². The summed E-state index contributed by atoms with van der Waals surface area (Å²) in [5.74, 6) is -2.30. The first-order valence-corrected chi connectivity index (χ1v) is 8.42. The summed E-state index contributed by atoms with van der Waals surface area (Å²) >= 11 is 2.25. The molecular weight excluding hydrogens is 365 g/mol. The molecule has 2 rings (SSSR count). The Hall–Kier alpha value is -1.94. The molecule has 2 amide bonds. The Balaban J connectivity index is 1.86. The number of hydrogen-bond donors (Lipinski definition) is 1. The molecule has 128 valence electrons. The molecule has 1 aliphatic heterocycles. The van der Waals surface area contributed by atoms with Crippen molar-refractivity contribution in [1.82, 2.24) is 4.90 Å². The van der Waals surface area contributed by atoms with Crippen LogP contribution in [0, 0.1) is 0 Å². The molecule has 24 heavy (non-hydrogen) atoms. The normalized spacial score (nSPS) is 17.5. The molecule has 0 saturated carbocycles. The van der Waals surface area contributed by atoms with Crippen molar-refractivity contribution in [3.8, 4) is 0 Å². The molecule has 0 atom stereocenters. The Morgan fingerprint density at radius 1 is 1.33 bits per heavy atom. The second-order valence-electron chi connectivity index (χ2n) is 4.63. The van der Waals surface area contributed by atoms with Gasteiger partial charge in [-0.1, -0.05) is 6.07 Å². The smallest absolute Gasteiger partial charge is 0.289 e. The van der Waals surface area contributed by atoms with Crippen LogP contribution in [-0.2, 0) is 9.59 Å². The minimum atomic E-state index is -4.86. The van der Waals surface area contributed by atoms with Crippen molar-refractivity contribution >= 4 is 52.3 Å². The summed E-state index contributed by atoms with van der Waals surface area (Å²) in [6.45, 7) is 0.0681. The van der Waals surface area contributed by atoms with E-state index in [1.54, 1.807) is 6.08 Å². The number of nitrogens with one attached hydrogen (secondary N) is 1. The number of hydrogen-bond acceptors (Lipinski definition) is 5. The van der Waals surface area contributed by atoms with E-state index in [0.717, 1.165) is 27.8 Å². The summed E-state index contributed by atoms with van der Waals surface area (Å²) in [6, 6.07) is 3.63. The zero-order valence-electron chi connectivity index (χ0n) is 12.1. The zero-order chi connectivity index (χ0) is 17.7. The highest BCUT2D eigenvalue weighted by atomic mass is 32.2. The van der Waals surface area contributed by atoms with Crippen molar-refractivity contribution in [2.24, 2.45) is 0 Å². The molecule has 0 aliphatic carbocycles. The molecule has 0 spiro atoms. The van der Waals surface area contributed by atoms with Gasteiger partial charge in [0.25, 0.3) is 11.1 Å². The quantitative estimate of drug-likeness (QED) is 0.602. The van der Waals surface area contributed by atoms with Crippen LogP contribution in [-0.4, -0.2) is 47.3 Å². The Bertz CT molecular complexity index is 697. The number of thioether (sulfide) groups is 1. The molecule has 5 nitrogen and oxygen atoms in total. The van der Waals surface area contributed by atoms with Gasteiger partial charge in [0.2, 0.25) is 5.78 Å². The summed E-state index contributed by atoms with van der Waals surface area (Å²) in [7, 11) is 0. The molecule has 0 bridgehead atoms. The molecule has 1 saturated heterocycles. The van der Waals surface area contributed by atoms with Crippen LogP contribution in [0.25, 0.3) is 6.08 Å². The fourth-order valence-electron chi connectivity index (χ4n) is 1.75. The van der Waals surface area contributed by atoms with Crippen LogP contribution >= 0.6 is 23.1 Å². The number of rotatable bonds is 6. The van der Waals surface area contributed by atoms with E-state index >= 15 is 0 Å². The maximum atomic E-state index is 12.1. The number of carbonyl (C=O) groups is 3. The Morgan fingerprint density at radius 2 is 2.08 bits per heavy atom. The van der Waals surface area contributed by atoms with Crippen LogP contribution in [0.3, 0.4) is 0 Å². The monoisotopic (exact) mass is 377 g/mol. The predicted octanol–water partition coefficient (Wildman–Crippen LogP) is 1.46. The van der Waals surface area contributed by atoms with Crippen molar-refractivity contribution in [3.05, 3.63) is 27.3 Å². The second-order valence-corrected chi connectivity index (χ2v) is 6.60. The number of imide groups is 1. The first-order chi connectivity index (χ1) is 11.3. The van der Waals surface area contributed by atoms with E-state index in [1.165, 1.54) is 11.3 Å². The van der Waals surface area contributed by atoms with Gasteiger partial charge in [-0.15, -0.1) is 11.3 Å². The minimum absolute atomic E-state index is 0.00313. The number of halogens is 3. The number of nitrogens with zero attached hydrogens (tertiary/aromatic N) is 1. The summed E-state index contributed by atoms with van der Waals surface area (Å²) in [5, 5.41) is 1.41. The Kier molecular flexibility index (Phi) is 5.94. The maximum Gasteiger partial charge on any atom is 0.450 e. The average Bonchev–Trinajstić information content (AvgIpc) is 3.09. The lowest BCUT2D eigenvalue weighted by Crippen LogP contribution is -2.71. The lowest BCUT2D eigenvalue weighted by atomic mass is 10.3. The molecule has 1 N–H and O–H groups in total. The summed E-state index contributed by atoms with van der Waals surface area (Å²) in [6.07, 6.45) is -3.08. The van der Waals surface area contributed by atoms with E-state index in [2.05, 4.69) is 4.99 Å². The third kappa shape index (κ3) is 4.78. The number of carbonyl (C=O) groups excluding carboxylic acids is 3. The standard InChI is InChI=1S/C14H11F3N2O3S2/c15-14(16,17)11(20)3-4-18-5-6-19-12(21)10(24-13(19)22)8-9-2-1-7-23-9/h1-2,4,7-8H,3,5-6H2/p+1/b10-8+,18-4?. The second kappa shape index (κ2) is 7.75. The number of thiophene rings is 1. The molecule has 1 aromatic rings. The van der Waals surface area contributed by atoms with Gasteiger partial charge in [0.1, 0.15) is 6.21 Å². The van der Waals surface area contributed by atoms with Crippen molar-refractivity contribution in [3.63, 3.8) is 0 Å². The molecule has 1 aliphatic rings. The zero-order valence-corrected chi connectivity index (χ0v) is 13.8. The highest BCUT2D eigenvalue weighted by Crippen LogP contribution is 2.32. The van der Waals surface area contributed by atoms with Crippen molar-refractivity contribution < 1.29 is 32.5 Å². The third-order valence-corrected chi connectivity index (χ3v) is 4.64. The SMILES string of the molecule is O=C1S/C(=C/c2cccs2)C(=O)N1CC[NH+]=CCC(=O)C(F)(F)F. The minimum Gasteiger partial charge on any atom is -0.289 e. The highest BCUT2D eigenvalue weighted by Gasteiger charge is 2.38. The fourth-order valence-corrected chi connectivity index (χ4v) is 3.34. The lowest BCUT2D eigenvalue weighted by Gasteiger charge is -2.07. The number of ketones is 1. The molecule has 0 radical (unpaired) electrons. The molecule has 0 unspecified atom stereocenters. The molecule has 1 aromatic heterocycles. The molecule has 10 heteroatoms. The molecule has 0 aromatic carbocycles. The lowest BCUT2D eigenvalue weighted by molar-refractivity contribution is -0.452. The van der Waals surface area contributed by atoms with Gasteiger partial charge in [0, 0.05) is 4.88 Å². The fraction of sp³-hybridized carbons (Fsp3) is 0.286. The van der Waals surface area contributed by atoms with Gasteiger partial charge in [0.15, 0.2) is 6.54 Å². The first kappa shape index (κ1) is 18.4. The predicted molar refractivity (Wildman–Crippen MR) is 84.6 cm³/mol. The number of Topliss-reactive ketones (excluding diaryl/α,β-unsaturated/α-hetero) is 1. The van der Waals surface area contributed by atoms with Gasteiger partial charge in [-0.3, -0.25) is 19.3 Å². The van der Waals surface area contributed by atoms with Gasteiger partial charge in [-0.25, -0.2) is 4.99 Å². The van der Waals surface area contributed by atoms with Gasteiger partial charge < -0.3 is 0 Å². The Morgan fingerprint density at radius 3 is 2.71 bits per heavy atom. The van der Waals surface area contributed by atoms with E-state index < -0.39 is 29.5 Å². The first-order valence-electron chi connectivity index (χ1n) is 6.73. The summed E-state index contributed by atoms with van der Waals surface area (Å²) in [5.41, 5.74) is 0. The molecule has 1 fully saturated rings. The topological polar surface area (TPSA) is 68.4 Å². The van der Waals surface area contributed by atoms with Gasteiger partial charge in [-0.05, 0) is 29.3 Å². The van der Waals surface area contributed by atoms with Crippen LogP contribution in [0.1, 0.15) is 11.3 Å². The number of alkyl halides is 3. The van der Waals surface area contributed by atoms with E-state index in [9.17, 15) is 27.6 Å². The van der Waals surface area contributed by atoms with Gasteiger partial charge in [0.05, 0.1) is 17.9 Å². The number of amides is 2. The van der Waals surface area contributed by atoms with Gasteiger partial charge >= 0.3 is 6.18 Å². The van der Waals surface area contributed by atoms with E-state index in [0.29, 0.717) is 4.91 Å². The summed E-state index contributed by atoms with van der Waals surface area (Å²) < 4.78 is 36.0. The van der Waals surface area contributed by atoms with E-state index in [4.69, 9.17) is 0 Å². The summed E-state index contributed by atoms with van der Waals surface area (Å²) in [4.78, 5) is 39.3. The Labute approximate surface area is 143 Å². The van der Waals surface area contributed by atoms with Crippen LogP contribution in [0.4, 0.5) is 18.0 Å². The van der Waals surface area contributed by atoms with E-state index in [1.807, 2.05) is 17.5 Å². The maximum absolute atomic E-state index is 12.1. The van der Waals surface area contributed by atoms with Crippen LogP contribution < -0.4 is 4.99 Å². The molecular formula is C14H12F3N2O3S2+. The van der Waals surface area contributed by atoms with Crippen LogP contribution in [0.2, 0.25) is 0 Å². The average molecular weight is 377 g/mol. The van der Waals surface area contributed by atoms with Crippen molar-refractivity contribution in [2.75, 3.05) is 13.1 Å². The highest BCUT2D eigenvalue weighted by molar-refractivity contribution is 8.18.